The van der Waals surface area contributed by atoms with Gasteiger partial charge in [0, 0.05) is 11.8 Å². The Bertz CT molecular complexity index is 564. The summed E-state index contributed by atoms with van der Waals surface area (Å²) in [7, 11) is 0. The summed E-state index contributed by atoms with van der Waals surface area (Å²) in [5, 5.41) is 10.9. The van der Waals surface area contributed by atoms with Gasteiger partial charge < -0.3 is 5.32 Å². The number of hydrogen-bond donors (Lipinski definition) is 1. The van der Waals surface area contributed by atoms with Crippen LogP contribution in [0.3, 0.4) is 0 Å². The van der Waals surface area contributed by atoms with E-state index >= 15 is 0 Å². The highest BCUT2D eigenvalue weighted by atomic mass is 19.4. The molecule has 0 aromatic heterocycles. The number of rotatable bonds is 2. The monoisotopic (exact) mass is 268 g/mol. The lowest BCUT2D eigenvalue weighted by atomic mass is 10.1. The molecule has 0 saturated carbocycles. The van der Waals surface area contributed by atoms with E-state index in [1.165, 1.54) is 18.2 Å². The predicted octanol–water partition coefficient (Wildman–Crippen LogP) is 3.48. The third-order valence-corrected chi connectivity index (χ3v) is 2.13. The normalized spacial score (nSPS) is 10.5. The minimum atomic E-state index is -4.64. The van der Waals surface area contributed by atoms with Crippen LogP contribution < -0.4 is 5.32 Å². The van der Waals surface area contributed by atoms with Gasteiger partial charge >= 0.3 is 6.18 Å². The van der Waals surface area contributed by atoms with Crippen molar-refractivity contribution in [1.29, 1.82) is 5.26 Å². The molecule has 0 unspecified atom stereocenters. The minimum Gasteiger partial charge on any atom is -0.322 e. The fourth-order valence-corrected chi connectivity index (χ4v) is 1.39. The first-order valence-corrected chi connectivity index (χ1v) is 5.31. The van der Waals surface area contributed by atoms with E-state index in [1.807, 2.05) is 0 Å². The number of carbonyl (C=O) groups excluding carboxylic acids is 1. The van der Waals surface area contributed by atoms with E-state index < -0.39 is 23.2 Å². The number of nitrogens with one attached hydrogen (secondary N) is 1. The highest BCUT2D eigenvalue weighted by molar-refractivity contribution is 5.99. The van der Waals surface area contributed by atoms with Crippen LogP contribution in [-0.2, 0) is 11.0 Å². The number of amides is 1. The first-order chi connectivity index (χ1) is 8.74. The number of alkyl halides is 3. The molecule has 1 N–H and O–H groups in total. The van der Waals surface area contributed by atoms with Crippen molar-refractivity contribution in [1.82, 2.24) is 0 Å². The molecule has 0 aliphatic carbocycles. The van der Waals surface area contributed by atoms with Crippen molar-refractivity contribution in [2.45, 2.75) is 20.0 Å². The molecule has 0 heterocycles. The van der Waals surface area contributed by atoms with Crippen LogP contribution in [0.2, 0.25) is 0 Å². The molecule has 0 fully saturated rings. The van der Waals surface area contributed by atoms with Gasteiger partial charge in [0.05, 0.1) is 17.2 Å². The number of nitrogens with zero attached hydrogens (tertiary/aromatic N) is 1. The summed E-state index contributed by atoms with van der Waals surface area (Å²) in [6.45, 7) is 3.39. The van der Waals surface area contributed by atoms with Gasteiger partial charge in [-0.25, -0.2) is 0 Å². The Morgan fingerprint density at radius 1 is 1.37 bits per heavy atom. The van der Waals surface area contributed by atoms with E-state index in [-0.39, 0.29) is 5.69 Å². The maximum absolute atomic E-state index is 12.7. The Morgan fingerprint density at radius 2 is 2.00 bits per heavy atom. The van der Waals surface area contributed by atoms with Crippen molar-refractivity contribution in [3.05, 3.63) is 41.0 Å². The van der Waals surface area contributed by atoms with Crippen LogP contribution in [0.5, 0.6) is 0 Å². The summed E-state index contributed by atoms with van der Waals surface area (Å²) in [5.74, 6) is -0.516. The highest BCUT2D eigenvalue weighted by Gasteiger charge is 2.33. The Labute approximate surface area is 108 Å². The van der Waals surface area contributed by atoms with Crippen molar-refractivity contribution < 1.29 is 18.0 Å². The lowest BCUT2D eigenvalue weighted by Gasteiger charge is -2.11. The number of nitriles is 1. The van der Waals surface area contributed by atoms with Gasteiger partial charge in [-0.1, -0.05) is 5.57 Å². The minimum absolute atomic E-state index is 0.00572. The molecule has 0 atom stereocenters. The fourth-order valence-electron chi connectivity index (χ4n) is 1.39. The smallest absolute Gasteiger partial charge is 0.322 e. The summed E-state index contributed by atoms with van der Waals surface area (Å²) in [4.78, 5) is 11.4. The fraction of sp³-hybridized carbons (Fsp3) is 0.231. The zero-order chi connectivity index (χ0) is 14.6. The van der Waals surface area contributed by atoms with Gasteiger partial charge in [0.25, 0.3) is 0 Å². The molecule has 0 radical (unpaired) electrons. The van der Waals surface area contributed by atoms with Gasteiger partial charge in [-0.15, -0.1) is 0 Å². The summed E-state index contributed by atoms with van der Waals surface area (Å²) >= 11 is 0. The van der Waals surface area contributed by atoms with E-state index in [0.29, 0.717) is 0 Å². The molecule has 1 rings (SSSR count). The number of carbonyl (C=O) groups is 1. The molecule has 100 valence electrons. The largest absolute Gasteiger partial charge is 0.417 e. The van der Waals surface area contributed by atoms with E-state index in [0.717, 1.165) is 17.7 Å². The van der Waals surface area contributed by atoms with Crippen LogP contribution >= 0.6 is 0 Å². The second-order valence-electron chi connectivity index (χ2n) is 4.08. The standard InChI is InChI=1S/C13H11F3N2O/c1-8(2)5-12(19)18-10-4-3-9(7-17)11(6-10)13(14,15)16/h3-6H,1-2H3,(H,18,19). The van der Waals surface area contributed by atoms with E-state index in [9.17, 15) is 18.0 Å². The molecule has 0 saturated heterocycles. The average Bonchev–Trinajstić information content (AvgIpc) is 2.26. The Balaban J connectivity index is 3.10. The predicted molar refractivity (Wildman–Crippen MR) is 64.2 cm³/mol. The quantitative estimate of drug-likeness (QED) is 0.835. The van der Waals surface area contributed by atoms with Gasteiger partial charge in [-0.3, -0.25) is 4.79 Å². The average molecular weight is 268 g/mol. The SMILES string of the molecule is CC(C)=CC(=O)Nc1ccc(C#N)c(C(F)(F)F)c1. The van der Waals surface area contributed by atoms with Crippen LogP contribution in [0.25, 0.3) is 0 Å². The maximum Gasteiger partial charge on any atom is 0.417 e. The van der Waals surface area contributed by atoms with Gasteiger partial charge in [0.2, 0.25) is 5.91 Å². The van der Waals surface area contributed by atoms with Gasteiger partial charge in [-0.05, 0) is 32.0 Å². The van der Waals surface area contributed by atoms with Crippen LogP contribution in [0.15, 0.2) is 29.8 Å². The second kappa shape index (κ2) is 5.57. The summed E-state index contributed by atoms with van der Waals surface area (Å²) in [5.41, 5.74) is -0.825. The molecule has 1 aromatic rings. The van der Waals surface area contributed by atoms with E-state index in [4.69, 9.17) is 5.26 Å². The molecule has 1 aromatic carbocycles. The number of halogens is 3. The molecule has 6 heteroatoms. The summed E-state index contributed by atoms with van der Waals surface area (Å²) in [6.07, 6.45) is -3.37. The molecule has 19 heavy (non-hydrogen) atoms. The number of benzene rings is 1. The van der Waals surface area contributed by atoms with Crippen molar-refractivity contribution in [2.24, 2.45) is 0 Å². The van der Waals surface area contributed by atoms with Crippen molar-refractivity contribution in [2.75, 3.05) is 5.32 Å². The molecular formula is C13H11F3N2O. The summed E-state index contributed by atoms with van der Waals surface area (Å²) in [6, 6.07) is 4.50. The van der Waals surface area contributed by atoms with Crippen molar-refractivity contribution in [3.63, 3.8) is 0 Å². The molecule has 0 bridgehead atoms. The van der Waals surface area contributed by atoms with Crippen LogP contribution in [0.1, 0.15) is 25.0 Å². The number of allylic oxidation sites excluding steroid dienone is 1. The third kappa shape index (κ3) is 4.14. The molecule has 0 aliphatic rings. The first-order valence-electron chi connectivity index (χ1n) is 5.31. The second-order valence-corrected chi connectivity index (χ2v) is 4.08. The zero-order valence-electron chi connectivity index (χ0n) is 10.3. The topological polar surface area (TPSA) is 52.9 Å². The first kappa shape index (κ1) is 14.8. The molecule has 0 spiro atoms. The number of hydrogen-bond acceptors (Lipinski definition) is 2. The summed E-state index contributed by atoms with van der Waals surface area (Å²) < 4.78 is 38.1. The van der Waals surface area contributed by atoms with Crippen molar-refractivity contribution in [3.8, 4) is 6.07 Å². The third-order valence-electron chi connectivity index (χ3n) is 2.13. The Kier molecular flexibility index (Phi) is 4.33. The van der Waals surface area contributed by atoms with E-state index in [1.54, 1.807) is 13.8 Å². The van der Waals surface area contributed by atoms with Crippen LogP contribution in [0.4, 0.5) is 18.9 Å². The van der Waals surface area contributed by atoms with Gasteiger partial charge in [0.15, 0.2) is 0 Å². The van der Waals surface area contributed by atoms with Crippen LogP contribution in [0, 0.1) is 11.3 Å². The Hall–Kier alpha value is -2.29. The van der Waals surface area contributed by atoms with E-state index in [2.05, 4.69) is 5.32 Å². The highest BCUT2D eigenvalue weighted by Crippen LogP contribution is 2.33. The van der Waals surface area contributed by atoms with Crippen molar-refractivity contribution >= 4 is 11.6 Å². The zero-order valence-corrected chi connectivity index (χ0v) is 10.3. The Morgan fingerprint density at radius 3 is 2.47 bits per heavy atom. The molecule has 0 aliphatic heterocycles. The van der Waals surface area contributed by atoms with Gasteiger partial charge in [-0.2, -0.15) is 18.4 Å². The molecule has 3 nitrogen and oxygen atoms in total. The lowest BCUT2D eigenvalue weighted by Crippen LogP contribution is -2.12. The lowest BCUT2D eigenvalue weighted by molar-refractivity contribution is -0.137. The number of anilines is 1. The van der Waals surface area contributed by atoms with Crippen LogP contribution in [-0.4, -0.2) is 5.91 Å². The molecular weight excluding hydrogens is 257 g/mol. The molecule has 1 amide bonds. The van der Waals surface area contributed by atoms with Gasteiger partial charge in [0.1, 0.15) is 0 Å². The maximum atomic E-state index is 12.7.